The van der Waals surface area contributed by atoms with Gasteiger partial charge in [0.1, 0.15) is 0 Å². The van der Waals surface area contributed by atoms with Crippen LogP contribution in [0.1, 0.15) is 29.7 Å². The first kappa shape index (κ1) is 21.2. The largest absolute Gasteiger partial charge is 0.356 e. The molecule has 2 N–H and O–H groups in total. The van der Waals surface area contributed by atoms with Crippen molar-refractivity contribution in [2.75, 3.05) is 20.1 Å². The van der Waals surface area contributed by atoms with E-state index in [1.165, 1.54) is 24.0 Å². The molecular formula is C20H26BrIN4. The number of halogens is 2. The third-order valence-electron chi connectivity index (χ3n) is 4.79. The second-order valence-corrected chi connectivity index (χ2v) is 7.62. The zero-order valence-electron chi connectivity index (χ0n) is 15.3. The van der Waals surface area contributed by atoms with Gasteiger partial charge >= 0.3 is 0 Å². The van der Waals surface area contributed by atoms with Crippen molar-refractivity contribution in [2.24, 2.45) is 4.99 Å². The Bertz CT molecular complexity index is 742. The molecule has 1 aromatic heterocycles. The Morgan fingerprint density at radius 1 is 1.23 bits per heavy atom. The van der Waals surface area contributed by atoms with E-state index in [2.05, 4.69) is 72.9 Å². The van der Waals surface area contributed by atoms with Gasteiger partial charge in [-0.25, -0.2) is 0 Å². The van der Waals surface area contributed by atoms with E-state index in [0.29, 0.717) is 0 Å². The topological polar surface area (TPSA) is 49.3 Å². The summed E-state index contributed by atoms with van der Waals surface area (Å²) in [5.41, 5.74) is 3.94. The number of aromatic nitrogens is 1. The fourth-order valence-corrected chi connectivity index (χ4v) is 3.38. The summed E-state index contributed by atoms with van der Waals surface area (Å²) in [5.74, 6) is 0.862. The lowest BCUT2D eigenvalue weighted by atomic mass is 9.96. The van der Waals surface area contributed by atoms with E-state index < -0.39 is 0 Å². The Hall–Kier alpha value is -1.15. The highest BCUT2D eigenvalue weighted by molar-refractivity contribution is 14.0. The molecular weight excluding hydrogens is 503 g/mol. The normalized spacial score (nSPS) is 15.1. The van der Waals surface area contributed by atoms with Crippen LogP contribution in [-0.2, 0) is 11.8 Å². The van der Waals surface area contributed by atoms with Gasteiger partial charge in [0, 0.05) is 41.9 Å². The number of nitrogens with zero attached hydrogens (tertiary/aromatic N) is 2. The number of aliphatic imine (C=N–C) groups is 1. The van der Waals surface area contributed by atoms with Gasteiger partial charge in [-0.2, -0.15) is 0 Å². The maximum absolute atomic E-state index is 4.34. The number of nitrogens with one attached hydrogen (secondary N) is 2. The fourth-order valence-electron chi connectivity index (χ4n) is 2.98. The Morgan fingerprint density at radius 2 is 2.04 bits per heavy atom. The summed E-state index contributed by atoms with van der Waals surface area (Å²) < 4.78 is 1.14. The molecule has 140 valence electrons. The molecule has 0 radical (unpaired) electrons. The molecule has 1 saturated carbocycles. The Labute approximate surface area is 181 Å². The molecule has 0 atom stereocenters. The summed E-state index contributed by atoms with van der Waals surface area (Å²) in [5, 5.41) is 6.89. The molecule has 6 heteroatoms. The van der Waals surface area contributed by atoms with Gasteiger partial charge in [-0.3, -0.25) is 9.98 Å². The number of hydrogen-bond acceptors (Lipinski definition) is 2. The van der Waals surface area contributed by atoms with E-state index >= 15 is 0 Å². The highest BCUT2D eigenvalue weighted by Gasteiger charge is 2.44. The molecule has 0 spiro atoms. The number of pyridine rings is 1. The van der Waals surface area contributed by atoms with Gasteiger partial charge in [-0.15, -0.1) is 24.0 Å². The Morgan fingerprint density at radius 3 is 2.65 bits per heavy atom. The van der Waals surface area contributed by atoms with Crippen molar-refractivity contribution < 1.29 is 0 Å². The van der Waals surface area contributed by atoms with Crippen LogP contribution < -0.4 is 10.6 Å². The lowest BCUT2D eigenvalue weighted by molar-refractivity contribution is 0.645. The Kier molecular flexibility index (Phi) is 7.88. The van der Waals surface area contributed by atoms with Crippen molar-refractivity contribution in [2.45, 2.75) is 31.6 Å². The van der Waals surface area contributed by atoms with Crippen LogP contribution in [0.2, 0.25) is 0 Å². The van der Waals surface area contributed by atoms with Gasteiger partial charge < -0.3 is 10.6 Å². The molecule has 0 bridgehead atoms. The van der Waals surface area contributed by atoms with E-state index in [-0.39, 0.29) is 29.4 Å². The third kappa shape index (κ3) is 5.67. The molecule has 1 aromatic carbocycles. The predicted octanol–water partition coefficient (Wildman–Crippen LogP) is 4.21. The van der Waals surface area contributed by atoms with Crippen LogP contribution in [0.25, 0.3) is 0 Å². The monoisotopic (exact) mass is 528 g/mol. The second kappa shape index (κ2) is 9.69. The summed E-state index contributed by atoms with van der Waals surface area (Å²) in [4.78, 5) is 8.68. The first-order valence-electron chi connectivity index (χ1n) is 8.73. The molecule has 1 heterocycles. The molecule has 26 heavy (non-hydrogen) atoms. The summed E-state index contributed by atoms with van der Waals surface area (Å²) >= 11 is 3.58. The van der Waals surface area contributed by atoms with Crippen molar-refractivity contribution in [3.63, 3.8) is 0 Å². The fraction of sp³-hybridized carbons (Fsp3) is 0.400. The summed E-state index contributed by atoms with van der Waals surface area (Å²) in [6.07, 6.45) is 5.33. The summed E-state index contributed by atoms with van der Waals surface area (Å²) in [7, 11) is 1.82. The average molecular weight is 529 g/mol. The molecule has 3 rings (SSSR count). The van der Waals surface area contributed by atoms with E-state index in [9.17, 15) is 0 Å². The molecule has 1 fully saturated rings. The van der Waals surface area contributed by atoms with Crippen LogP contribution in [0, 0.1) is 6.92 Å². The lowest BCUT2D eigenvalue weighted by Gasteiger charge is -2.19. The van der Waals surface area contributed by atoms with Gasteiger partial charge in [0.05, 0.1) is 0 Å². The standard InChI is InChI=1S/C20H25BrN4.HI/c1-15-6-7-16(13-24-15)8-11-23-19(22-2)25-14-20(9-10-20)17-4-3-5-18(21)12-17;/h3-7,12-13H,8-11,14H2,1-2H3,(H2,22,23,25);1H. The van der Waals surface area contributed by atoms with Gasteiger partial charge in [0.15, 0.2) is 5.96 Å². The first-order chi connectivity index (χ1) is 12.1. The van der Waals surface area contributed by atoms with Crippen LogP contribution in [0.5, 0.6) is 0 Å². The molecule has 4 nitrogen and oxygen atoms in total. The molecule has 1 aliphatic rings. The second-order valence-electron chi connectivity index (χ2n) is 6.70. The zero-order valence-corrected chi connectivity index (χ0v) is 19.2. The van der Waals surface area contributed by atoms with E-state index in [1.807, 2.05) is 20.2 Å². The smallest absolute Gasteiger partial charge is 0.191 e. The molecule has 0 amide bonds. The third-order valence-corrected chi connectivity index (χ3v) is 5.28. The first-order valence-corrected chi connectivity index (χ1v) is 9.53. The van der Waals surface area contributed by atoms with E-state index in [4.69, 9.17) is 0 Å². The minimum atomic E-state index is 0. The van der Waals surface area contributed by atoms with Crippen molar-refractivity contribution in [1.82, 2.24) is 15.6 Å². The predicted molar refractivity (Wildman–Crippen MR) is 123 cm³/mol. The van der Waals surface area contributed by atoms with Gasteiger partial charge in [-0.05, 0) is 55.5 Å². The highest BCUT2D eigenvalue weighted by atomic mass is 127. The van der Waals surface area contributed by atoms with Crippen molar-refractivity contribution in [3.8, 4) is 0 Å². The van der Waals surface area contributed by atoms with Crippen LogP contribution in [0.3, 0.4) is 0 Å². The number of rotatable bonds is 6. The number of guanidine groups is 1. The zero-order chi connectivity index (χ0) is 17.7. The quantitative estimate of drug-likeness (QED) is 0.335. The average Bonchev–Trinajstić information content (AvgIpc) is 3.41. The van der Waals surface area contributed by atoms with Crippen molar-refractivity contribution >= 4 is 45.9 Å². The van der Waals surface area contributed by atoms with Gasteiger partial charge in [0.2, 0.25) is 0 Å². The minimum absolute atomic E-state index is 0. The maximum Gasteiger partial charge on any atom is 0.191 e. The van der Waals surface area contributed by atoms with Crippen LogP contribution in [-0.4, -0.2) is 31.1 Å². The number of hydrogen-bond donors (Lipinski definition) is 2. The van der Waals surface area contributed by atoms with Crippen molar-refractivity contribution in [3.05, 3.63) is 63.9 Å². The SMILES string of the molecule is CN=C(NCCc1ccc(C)nc1)NCC1(c2cccc(Br)c2)CC1.I. The van der Waals surface area contributed by atoms with Crippen molar-refractivity contribution in [1.29, 1.82) is 0 Å². The Balaban J connectivity index is 0.00000243. The number of benzene rings is 1. The number of aryl methyl sites for hydroxylation is 1. The molecule has 0 saturated heterocycles. The lowest BCUT2D eigenvalue weighted by Crippen LogP contribution is -2.42. The van der Waals surface area contributed by atoms with E-state index in [1.54, 1.807) is 0 Å². The van der Waals surface area contributed by atoms with Gasteiger partial charge in [0.25, 0.3) is 0 Å². The van der Waals surface area contributed by atoms with Gasteiger partial charge in [-0.1, -0.05) is 34.1 Å². The summed E-state index contributed by atoms with van der Waals surface area (Å²) in [6.45, 7) is 3.76. The molecule has 0 aliphatic heterocycles. The maximum atomic E-state index is 4.34. The van der Waals surface area contributed by atoms with Crippen LogP contribution in [0.15, 0.2) is 52.1 Å². The molecule has 0 unspecified atom stereocenters. The van der Waals surface area contributed by atoms with Crippen LogP contribution in [0.4, 0.5) is 0 Å². The van der Waals surface area contributed by atoms with E-state index in [0.717, 1.165) is 35.6 Å². The molecule has 2 aromatic rings. The minimum Gasteiger partial charge on any atom is -0.356 e. The van der Waals surface area contributed by atoms with Crippen LogP contribution >= 0.6 is 39.9 Å². The summed E-state index contributed by atoms with van der Waals surface area (Å²) in [6, 6.07) is 12.8. The molecule has 1 aliphatic carbocycles. The highest BCUT2D eigenvalue weighted by Crippen LogP contribution is 2.48.